The molecule has 1 aromatic rings. The third-order valence-electron chi connectivity index (χ3n) is 4.52. The summed E-state index contributed by atoms with van der Waals surface area (Å²) in [6.07, 6.45) is 2.94. The average molecular weight is 323 g/mol. The van der Waals surface area contributed by atoms with E-state index >= 15 is 0 Å². The van der Waals surface area contributed by atoms with Crippen LogP contribution in [0.2, 0.25) is 5.02 Å². The Balaban J connectivity index is 2.01. The second-order valence-corrected chi connectivity index (χ2v) is 7.54. The van der Waals surface area contributed by atoms with E-state index in [1.54, 1.807) is 0 Å². The van der Waals surface area contributed by atoms with Gasteiger partial charge in [-0.25, -0.2) is 0 Å². The zero-order chi connectivity index (χ0) is 16.3. The molecule has 0 radical (unpaired) electrons. The van der Waals surface area contributed by atoms with E-state index in [4.69, 9.17) is 11.6 Å². The van der Waals surface area contributed by atoms with Crippen LogP contribution in [0.25, 0.3) is 0 Å². The summed E-state index contributed by atoms with van der Waals surface area (Å²) < 4.78 is 0. The van der Waals surface area contributed by atoms with Gasteiger partial charge in [0.15, 0.2) is 0 Å². The summed E-state index contributed by atoms with van der Waals surface area (Å²) in [5, 5.41) is 3.89. The highest BCUT2D eigenvalue weighted by Crippen LogP contribution is 2.27. The monoisotopic (exact) mass is 322 g/mol. The fourth-order valence-electron chi connectivity index (χ4n) is 3.44. The Hall–Kier alpha value is -1.06. The van der Waals surface area contributed by atoms with Crippen LogP contribution < -0.4 is 5.32 Å². The lowest BCUT2D eigenvalue weighted by Crippen LogP contribution is -2.43. The topological polar surface area (TPSA) is 32.3 Å². The number of nitrogens with one attached hydrogen (secondary N) is 1. The van der Waals surface area contributed by atoms with E-state index in [0.29, 0.717) is 17.4 Å². The minimum atomic E-state index is -0.410. The molecule has 0 saturated carbocycles. The first-order valence-corrected chi connectivity index (χ1v) is 8.42. The van der Waals surface area contributed by atoms with Gasteiger partial charge in [-0.15, -0.1) is 0 Å². The van der Waals surface area contributed by atoms with Gasteiger partial charge in [0.05, 0.1) is 5.54 Å². The van der Waals surface area contributed by atoms with Gasteiger partial charge in [0.25, 0.3) is 0 Å². The SMILES string of the molecule is Cc1ccc(Cl)cc1C(C)(C)NC(=O)C[C@@H]1CCCN(C)C1. The highest BCUT2D eigenvalue weighted by molar-refractivity contribution is 6.30. The molecule has 1 atom stereocenters. The normalized spacial score (nSPS) is 20.0. The number of benzene rings is 1. The number of aryl methyl sites for hydroxylation is 1. The predicted molar refractivity (Wildman–Crippen MR) is 92.2 cm³/mol. The van der Waals surface area contributed by atoms with E-state index in [2.05, 4.69) is 24.2 Å². The van der Waals surface area contributed by atoms with Crippen molar-refractivity contribution in [1.82, 2.24) is 10.2 Å². The molecule has 122 valence electrons. The molecular formula is C18H27ClN2O. The van der Waals surface area contributed by atoms with Crippen molar-refractivity contribution in [3.8, 4) is 0 Å². The van der Waals surface area contributed by atoms with Crippen molar-refractivity contribution in [2.75, 3.05) is 20.1 Å². The number of rotatable bonds is 4. The molecule has 1 fully saturated rings. The van der Waals surface area contributed by atoms with Crippen molar-refractivity contribution in [2.24, 2.45) is 5.92 Å². The van der Waals surface area contributed by atoms with Crippen molar-refractivity contribution in [1.29, 1.82) is 0 Å². The minimum Gasteiger partial charge on any atom is -0.347 e. The number of nitrogens with zero attached hydrogens (tertiary/aromatic N) is 1. The van der Waals surface area contributed by atoms with Crippen LogP contribution in [0.5, 0.6) is 0 Å². The lowest BCUT2D eigenvalue weighted by Gasteiger charge is -2.32. The fraction of sp³-hybridized carbons (Fsp3) is 0.611. The van der Waals surface area contributed by atoms with Crippen LogP contribution in [-0.4, -0.2) is 30.9 Å². The van der Waals surface area contributed by atoms with Gasteiger partial charge in [-0.05, 0) is 76.4 Å². The first-order valence-electron chi connectivity index (χ1n) is 8.04. The number of halogens is 1. The molecule has 2 rings (SSSR count). The van der Waals surface area contributed by atoms with Crippen LogP contribution in [0.15, 0.2) is 18.2 Å². The summed E-state index contributed by atoms with van der Waals surface area (Å²) in [5.74, 6) is 0.597. The molecule has 4 heteroatoms. The van der Waals surface area contributed by atoms with Crippen LogP contribution in [-0.2, 0) is 10.3 Å². The minimum absolute atomic E-state index is 0.129. The van der Waals surface area contributed by atoms with Crippen LogP contribution in [0, 0.1) is 12.8 Å². The lowest BCUT2D eigenvalue weighted by molar-refractivity contribution is -0.124. The van der Waals surface area contributed by atoms with E-state index in [9.17, 15) is 4.79 Å². The van der Waals surface area contributed by atoms with Gasteiger partial charge in [-0.2, -0.15) is 0 Å². The van der Waals surface area contributed by atoms with Gasteiger partial charge in [0.1, 0.15) is 0 Å². The maximum Gasteiger partial charge on any atom is 0.220 e. The third-order valence-corrected chi connectivity index (χ3v) is 4.76. The highest BCUT2D eigenvalue weighted by atomic mass is 35.5. The van der Waals surface area contributed by atoms with Gasteiger partial charge < -0.3 is 10.2 Å². The number of amides is 1. The number of carbonyl (C=O) groups is 1. The van der Waals surface area contributed by atoms with Gasteiger partial charge in [0, 0.05) is 18.0 Å². The van der Waals surface area contributed by atoms with E-state index in [0.717, 1.165) is 30.6 Å². The lowest BCUT2D eigenvalue weighted by atomic mass is 9.89. The predicted octanol–water partition coefficient (Wildman–Crippen LogP) is 3.73. The summed E-state index contributed by atoms with van der Waals surface area (Å²) in [6, 6.07) is 5.84. The molecule has 1 aromatic carbocycles. The molecule has 1 aliphatic heterocycles. The third kappa shape index (κ3) is 4.47. The number of likely N-dealkylation sites (tertiary alicyclic amines) is 1. The Kier molecular flexibility index (Phi) is 5.51. The van der Waals surface area contributed by atoms with Crippen molar-refractivity contribution in [3.63, 3.8) is 0 Å². The van der Waals surface area contributed by atoms with E-state index < -0.39 is 5.54 Å². The summed E-state index contributed by atoms with van der Waals surface area (Å²) in [6.45, 7) is 8.29. The molecule has 1 N–H and O–H groups in total. The molecule has 0 aliphatic carbocycles. The zero-order valence-corrected chi connectivity index (χ0v) is 14.8. The van der Waals surface area contributed by atoms with Crippen molar-refractivity contribution in [3.05, 3.63) is 34.3 Å². The molecule has 0 aromatic heterocycles. The molecule has 3 nitrogen and oxygen atoms in total. The first-order chi connectivity index (χ1) is 10.3. The van der Waals surface area contributed by atoms with Crippen molar-refractivity contribution < 1.29 is 4.79 Å². The van der Waals surface area contributed by atoms with Crippen LogP contribution >= 0.6 is 11.6 Å². The van der Waals surface area contributed by atoms with E-state index in [1.165, 1.54) is 6.42 Å². The van der Waals surface area contributed by atoms with Gasteiger partial charge in [-0.3, -0.25) is 4.79 Å². The molecule has 1 amide bonds. The van der Waals surface area contributed by atoms with E-state index in [1.807, 2.05) is 32.0 Å². The second-order valence-electron chi connectivity index (χ2n) is 7.11. The Labute approximate surface area is 139 Å². The van der Waals surface area contributed by atoms with E-state index in [-0.39, 0.29) is 5.91 Å². The fourth-order valence-corrected chi connectivity index (χ4v) is 3.61. The molecule has 1 aliphatic rings. The Morgan fingerprint density at radius 3 is 2.86 bits per heavy atom. The Bertz CT molecular complexity index is 542. The van der Waals surface area contributed by atoms with Gasteiger partial charge in [-0.1, -0.05) is 17.7 Å². The van der Waals surface area contributed by atoms with Crippen molar-refractivity contribution in [2.45, 2.75) is 45.6 Å². The van der Waals surface area contributed by atoms with Crippen LogP contribution in [0.4, 0.5) is 0 Å². The molecular weight excluding hydrogens is 296 g/mol. The summed E-state index contributed by atoms with van der Waals surface area (Å²) in [7, 11) is 2.13. The Morgan fingerprint density at radius 1 is 1.45 bits per heavy atom. The second kappa shape index (κ2) is 7.01. The highest BCUT2D eigenvalue weighted by Gasteiger charge is 2.27. The number of carbonyl (C=O) groups excluding carboxylic acids is 1. The maximum absolute atomic E-state index is 12.4. The molecule has 0 spiro atoms. The largest absolute Gasteiger partial charge is 0.347 e. The maximum atomic E-state index is 12.4. The average Bonchev–Trinajstić information content (AvgIpc) is 2.40. The molecule has 1 saturated heterocycles. The number of hydrogen-bond acceptors (Lipinski definition) is 2. The van der Waals surface area contributed by atoms with Crippen LogP contribution in [0.3, 0.4) is 0 Å². The first kappa shape index (κ1) is 17.3. The molecule has 1 heterocycles. The molecule has 0 unspecified atom stereocenters. The van der Waals surface area contributed by atoms with Gasteiger partial charge in [0.2, 0.25) is 5.91 Å². The summed E-state index contributed by atoms with van der Waals surface area (Å²) in [4.78, 5) is 14.8. The summed E-state index contributed by atoms with van der Waals surface area (Å²) >= 11 is 6.11. The smallest absolute Gasteiger partial charge is 0.220 e. The zero-order valence-electron chi connectivity index (χ0n) is 14.1. The molecule has 0 bridgehead atoms. The van der Waals surface area contributed by atoms with Crippen molar-refractivity contribution >= 4 is 17.5 Å². The Morgan fingerprint density at radius 2 is 2.18 bits per heavy atom. The van der Waals surface area contributed by atoms with Gasteiger partial charge >= 0.3 is 0 Å². The quantitative estimate of drug-likeness (QED) is 0.916. The number of hydrogen-bond donors (Lipinski definition) is 1. The standard InChI is InChI=1S/C18H27ClN2O/c1-13-7-8-15(19)11-16(13)18(2,3)20-17(22)10-14-6-5-9-21(4)12-14/h7-8,11,14H,5-6,9-10,12H2,1-4H3,(H,20,22)/t14-/m0/s1. The van der Waals surface area contributed by atoms with Crippen LogP contribution in [0.1, 0.15) is 44.2 Å². The summed E-state index contributed by atoms with van der Waals surface area (Å²) in [5.41, 5.74) is 1.81. The molecule has 22 heavy (non-hydrogen) atoms. The number of piperidine rings is 1.